The fraction of sp³-hybridized carbons (Fsp3) is 0.143. The monoisotopic (exact) mass is 377 g/mol. The summed E-state index contributed by atoms with van der Waals surface area (Å²) in [5.74, 6) is 1.58. The van der Waals surface area contributed by atoms with E-state index >= 15 is 0 Å². The van der Waals surface area contributed by atoms with E-state index in [0.717, 1.165) is 28.5 Å². The molecule has 0 spiro atoms. The maximum atomic E-state index is 5.66. The minimum absolute atomic E-state index is 0.0141. The number of thiocarbonyl (C=S) groups is 1. The zero-order valence-corrected chi connectivity index (χ0v) is 15.6. The van der Waals surface area contributed by atoms with E-state index in [1.54, 1.807) is 13.4 Å². The van der Waals surface area contributed by atoms with Gasteiger partial charge in [0.2, 0.25) is 0 Å². The van der Waals surface area contributed by atoms with Gasteiger partial charge in [-0.3, -0.25) is 0 Å². The number of para-hydroxylation sites is 1. The van der Waals surface area contributed by atoms with Crippen LogP contribution in [-0.4, -0.2) is 22.9 Å². The number of methoxy groups -OCH3 is 1. The highest BCUT2D eigenvalue weighted by atomic mass is 32.1. The second kappa shape index (κ2) is 7.63. The molecule has 1 atom stereocenters. The average molecular weight is 377 g/mol. The topological polar surface area (TPSA) is 50.0 Å². The third-order valence-electron chi connectivity index (χ3n) is 4.45. The van der Waals surface area contributed by atoms with Crippen molar-refractivity contribution in [2.75, 3.05) is 12.4 Å². The van der Waals surface area contributed by atoms with Crippen LogP contribution in [0.15, 0.2) is 82.5 Å². The molecule has 0 unspecified atom stereocenters. The van der Waals surface area contributed by atoms with E-state index in [4.69, 9.17) is 26.5 Å². The average Bonchev–Trinajstić information content (AvgIpc) is 3.39. The second-order valence-electron chi connectivity index (χ2n) is 6.16. The Labute approximate surface area is 163 Å². The van der Waals surface area contributed by atoms with Crippen molar-refractivity contribution in [3.63, 3.8) is 0 Å². The van der Waals surface area contributed by atoms with E-state index in [0.29, 0.717) is 11.5 Å². The molecule has 1 aliphatic rings. The summed E-state index contributed by atoms with van der Waals surface area (Å²) in [6.45, 7) is 0. The van der Waals surface area contributed by atoms with Crippen molar-refractivity contribution < 1.29 is 9.15 Å². The van der Waals surface area contributed by atoms with Crippen LogP contribution in [0, 0.1) is 0 Å². The predicted octanol–water partition coefficient (Wildman–Crippen LogP) is 4.84. The highest BCUT2D eigenvalue weighted by molar-refractivity contribution is 7.80. The van der Waals surface area contributed by atoms with E-state index in [-0.39, 0.29) is 6.04 Å². The molecule has 1 aliphatic heterocycles. The summed E-state index contributed by atoms with van der Waals surface area (Å²) in [4.78, 5) is 0. The van der Waals surface area contributed by atoms with Crippen LogP contribution < -0.4 is 10.1 Å². The molecule has 6 heteroatoms. The number of benzene rings is 2. The zero-order chi connectivity index (χ0) is 18.6. The first-order valence-electron chi connectivity index (χ1n) is 8.65. The minimum Gasteiger partial charge on any atom is -0.497 e. The summed E-state index contributed by atoms with van der Waals surface area (Å²) >= 11 is 5.66. The molecule has 0 bridgehead atoms. The van der Waals surface area contributed by atoms with Gasteiger partial charge in [-0.1, -0.05) is 30.3 Å². The first-order chi connectivity index (χ1) is 13.2. The fourth-order valence-electron chi connectivity index (χ4n) is 3.08. The molecule has 0 saturated heterocycles. The maximum absolute atomic E-state index is 5.66. The van der Waals surface area contributed by atoms with Gasteiger partial charge in [-0.05, 0) is 54.2 Å². The Morgan fingerprint density at radius 1 is 1.11 bits per heavy atom. The molecule has 1 aromatic heterocycles. The molecule has 27 heavy (non-hydrogen) atoms. The zero-order valence-electron chi connectivity index (χ0n) is 14.8. The molecule has 3 aromatic rings. The van der Waals surface area contributed by atoms with Gasteiger partial charge >= 0.3 is 0 Å². The van der Waals surface area contributed by atoms with E-state index in [9.17, 15) is 0 Å². The van der Waals surface area contributed by atoms with Crippen LogP contribution in [0.2, 0.25) is 0 Å². The summed E-state index contributed by atoms with van der Waals surface area (Å²) < 4.78 is 10.8. The Balaban J connectivity index is 1.63. The van der Waals surface area contributed by atoms with E-state index in [2.05, 4.69) is 5.32 Å². The van der Waals surface area contributed by atoms with Crippen LogP contribution in [0.25, 0.3) is 0 Å². The van der Waals surface area contributed by atoms with Crippen LogP contribution in [0.1, 0.15) is 23.8 Å². The highest BCUT2D eigenvalue weighted by Gasteiger charge is 2.32. The van der Waals surface area contributed by atoms with Crippen molar-refractivity contribution >= 4 is 28.7 Å². The molecule has 0 saturated carbocycles. The maximum Gasteiger partial charge on any atom is 0.194 e. The SMILES string of the molecule is COc1ccc([C@@H]2CC(c3ccco3)=NN2C(=S)Nc2ccccc2)cc1. The highest BCUT2D eigenvalue weighted by Crippen LogP contribution is 2.34. The van der Waals surface area contributed by atoms with Crippen LogP contribution in [0.3, 0.4) is 0 Å². The van der Waals surface area contributed by atoms with Crippen molar-refractivity contribution in [2.24, 2.45) is 5.10 Å². The summed E-state index contributed by atoms with van der Waals surface area (Å²) in [6, 6.07) is 21.6. The Hall–Kier alpha value is -3.12. The minimum atomic E-state index is -0.0141. The number of anilines is 1. The number of nitrogens with zero attached hydrogens (tertiary/aromatic N) is 2. The molecule has 2 aromatic carbocycles. The second-order valence-corrected chi connectivity index (χ2v) is 6.54. The number of hydrogen-bond acceptors (Lipinski definition) is 4. The van der Waals surface area contributed by atoms with Crippen molar-refractivity contribution in [2.45, 2.75) is 12.5 Å². The van der Waals surface area contributed by atoms with Gasteiger partial charge in [-0.15, -0.1) is 0 Å². The molecule has 136 valence electrons. The Kier molecular flexibility index (Phi) is 4.89. The molecule has 5 nitrogen and oxygen atoms in total. The first kappa shape index (κ1) is 17.3. The Morgan fingerprint density at radius 2 is 1.89 bits per heavy atom. The number of hydrazone groups is 1. The van der Waals surface area contributed by atoms with Gasteiger partial charge in [0.05, 0.1) is 19.4 Å². The van der Waals surface area contributed by atoms with Gasteiger partial charge in [0.15, 0.2) is 5.11 Å². The number of rotatable bonds is 4. The number of ether oxygens (including phenoxy) is 1. The summed E-state index contributed by atoms with van der Waals surface area (Å²) in [5.41, 5.74) is 2.91. The molecule has 1 N–H and O–H groups in total. The van der Waals surface area contributed by atoms with Crippen molar-refractivity contribution in [1.82, 2.24) is 5.01 Å². The third kappa shape index (κ3) is 3.71. The van der Waals surface area contributed by atoms with Gasteiger partial charge < -0.3 is 14.5 Å². The van der Waals surface area contributed by atoms with Gasteiger partial charge in [-0.2, -0.15) is 5.10 Å². The molecule has 0 amide bonds. The predicted molar refractivity (Wildman–Crippen MR) is 110 cm³/mol. The van der Waals surface area contributed by atoms with Crippen molar-refractivity contribution in [3.8, 4) is 5.75 Å². The summed E-state index contributed by atoms with van der Waals surface area (Å²) in [7, 11) is 1.66. The lowest BCUT2D eigenvalue weighted by molar-refractivity contribution is 0.374. The van der Waals surface area contributed by atoms with Crippen LogP contribution in [0.4, 0.5) is 5.69 Å². The van der Waals surface area contributed by atoms with Gasteiger partial charge in [0.25, 0.3) is 0 Å². The van der Waals surface area contributed by atoms with Gasteiger partial charge in [0.1, 0.15) is 17.2 Å². The molecule has 4 rings (SSSR count). The van der Waals surface area contributed by atoms with E-state index in [1.807, 2.05) is 71.7 Å². The lowest BCUT2D eigenvalue weighted by Crippen LogP contribution is -2.31. The molecular weight excluding hydrogens is 358 g/mol. The number of furan rings is 1. The molecule has 0 fully saturated rings. The molecule has 0 aliphatic carbocycles. The fourth-order valence-corrected chi connectivity index (χ4v) is 3.36. The van der Waals surface area contributed by atoms with Crippen LogP contribution in [-0.2, 0) is 0 Å². The molecule has 2 heterocycles. The Bertz CT molecular complexity index is 937. The molecular formula is C21H19N3O2S. The van der Waals surface area contributed by atoms with E-state index in [1.165, 1.54) is 0 Å². The number of nitrogens with one attached hydrogen (secondary N) is 1. The Morgan fingerprint density at radius 3 is 2.56 bits per heavy atom. The lowest BCUT2D eigenvalue weighted by Gasteiger charge is -2.25. The van der Waals surface area contributed by atoms with Gasteiger partial charge in [0, 0.05) is 12.1 Å². The van der Waals surface area contributed by atoms with Gasteiger partial charge in [-0.25, -0.2) is 5.01 Å². The third-order valence-corrected chi connectivity index (χ3v) is 4.74. The van der Waals surface area contributed by atoms with Crippen LogP contribution >= 0.6 is 12.2 Å². The summed E-state index contributed by atoms with van der Waals surface area (Å²) in [5, 5.41) is 10.4. The standard InChI is InChI=1S/C21H19N3O2S/c1-25-17-11-9-15(10-12-17)19-14-18(20-8-5-13-26-20)23-24(19)21(27)22-16-6-3-2-4-7-16/h2-13,19H,14H2,1H3,(H,22,27)/t19-/m0/s1. The summed E-state index contributed by atoms with van der Waals surface area (Å²) in [6.07, 6.45) is 2.36. The molecule has 0 radical (unpaired) electrons. The quantitative estimate of drug-likeness (QED) is 0.660. The largest absolute Gasteiger partial charge is 0.497 e. The first-order valence-corrected chi connectivity index (χ1v) is 9.06. The number of hydrogen-bond donors (Lipinski definition) is 1. The van der Waals surface area contributed by atoms with E-state index < -0.39 is 0 Å². The van der Waals surface area contributed by atoms with Crippen LogP contribution in [0.5, 0.6) is 5.75 Å². The smallest absolute Gasteiger partial charge is 0.194 e. The lowest BCUT2D eigenvalue weighted by atomic mass is 10.0. The van der Waals surface area contributed by atoms with Crippen molar-refractivity contribution in [3.05, 3.63) is 84.3 Å². The normalized spacial score (nSPS) is 16.1. The van der Waals surface area contributed by atoms with Crippen molar-refractivity contribution in [1.29, 1.82) is 0 Å².